The molecule has 0 saturated carbocycles. The van der Waals surface area contributed by atoms with Crippen molar-refractivity contribution in [1.29, 1.82) is 0 Å². The number of ether oxygens (including phenoxy) is 3. The predicted octanol–water partition coefficient (Wildman–Crippen LogP) is 5.10. The quantitative estimate of drug-likeness (QED) is 0.369. The van der Waals surface area contributed by atoms with Gasteiger partial charge in [0.05, 0.1) is 17.1 Å². The molecule has 0 atom stereocenters. The molecule has 4 aromatic rings. The van der Waals surface area contributed by atoms with Crippen molar-refractivity contribution in [3.05, 3.63) is 82.0 Å². The van der Waals surface area contributed by atoms with Gasteiger partial charge in [0.15, 0.2) is 23.9 Å². The maximum absolute atomic E-state index is 14.5. The van der Waals surface area contributed by atoms with Crippen molar-refractivity contribution in [2.24, 2.45) is 10.1 Å². The van der Waals surface area contributed by atoms with Gasteiger partial charge in [-0.2, -0.15) is 5.10 Å². The number of thiazole rings is 1. The number of nitrogens with one attached hydrogen (secondary N) is 1. The molecule has 0 aliphatic carbocycles. The fraction of sp³-hybridized carbons (Fsp3) is 0.148. The van der Waals surface area contributed by atoms with Crippen molar-refractivity contribution in [2.45, 2.75) is 6.92 Å². The SMILES string of the molecule is CC(=Nn1c(-c2ccc3c(c2)NC(=O)CO3)csc1=Nc1ccc(F)cc1F)c1ccc2c(c1)OCCO2. The fourth-order valence-electron chi connectivity index (χ4n) is 4.07. The van der Waals surface area contributed by atoms with Gasteiger partial charge in [-0.25, -0.2) is 18.4 Å². The zero-order chi connectivity index (χ0) is 26.2. The number of carbonyl (C=O) groups is 1. The summed E-state index contributed by atoms with van der Waals surface area (Å²) >= 11 is 1.24. The molecule has 3 heterocycles. The molecule has 0 saturated heterocycles. The highest BCUT2D eigenvalue weighted by Crippen LogP contribution is 2.34. The minimum Gasteiger partial charge on any atom is -0.486 e. The van der Waals surface area contributed by atoms with Gasteiger partial charge in [-0.3, -0.25) is 4.79 Å². The van der Waals surface area contributed by atoms with Crippen molar-refractivity contribution < 1.29 is 27.8 Å². The van der Waals surface area contributed by atoms with Crippen molar-refractivity contribution >= 4 is 34.3 Å². The van der Waals surface area contributed by atoms with Crippen molar-refractivity contribution in [3.8, 4) is 28.5 Å². The first kappa shape index (κ1) is 23.9. The van der Waals surface area contributed by atoms with Crippen LogP contribution in [0.5, 0.6) is 17.2 Å². The Kier molecular flexibility index (Phi) is 6.12. The summed E-state index contributed by atoms with van der Waals surface area (Å²) in [4.78, 5) is 16.7. The second-order valence-corrected chi connectivity index (χ2v) is 9.35. The number of halogens is 2. The summed E-state index contributed by atoms with van der Waals surface area (Å²) < 4.78 is 46.3. The van der Waals surface area contributed by atoms with Gasteiger partial charge in [-0.05, 0) is 55.5 Å². The number of nitrogens with zero attached hydrogens (tertiary/aromatic N) is 3. The molecule has 38 heavy (non-hydrogen) atoms. The molecule has 0 bridgehead atoms. The van der Waals surface area contributed by atoms with E-state index in [9.17, 15) is 13.6 Å². The van der Waals surface area contributed by atoms with Gasteiger partial charge in [0.1, 0.15) is 30.5 Å². The fourth-order valence-corrected chi connectivity index (χ4v) is 4.91. The summed E-state index contributed by atoms with van der Waals surface area (Å²) in [5.41, 5.74) is 3.32. The van der Waals surface area contributed by atoms with Crippen molar-refractivity contribution in [1.82, 2.24) is 4.68 Å². The Hall–Kier alpha value is -4.51. The molecule has 192 valence electrons. The van der Waals surface area contributed by atoms with E-state index in [4.69, 9.17) is 19.3 Å². The number of amides is 1. The van der Waals surface area contributed by atoms with Gasteiger partial charge >= 0.3 is 0 Å². The summed E-state index contributed by atoms with van der Waals surface area (Å²) in [6, 6.07) is 14.1. The maximum atomic E-state index is 14.5. The zero-order valence-corrected chi connectivity index (χ0v) is 20.9. The first-order chi connectivity index (χ1) is 18.4. The van der Waals surface area contributed by atoms with Gasteiger partial charge in [-0.15, -0.1) is 11.3 Å². The van der Waals surface area contributed by atoms with Crippen LogP contribution >= 0.6 is 11.3 Å². The number of hydrogen-bond donors (Lipinski definition) is 1. The number of benzene rings is 3. The minimum atomic E-state index is -0.785. The van der Waals surface area contributed by atoms with Crippen LogP contribution in [0.4, 0.5) is 20.2 Å². The lowest BCUT2D eigenvalue weighted by Crippen LogP contribution is -2.25. The highest BCUT2D eigenvalue weighted by atomic mass is 32.1. The normalized spacial score (nSPS) is 15.1. The Morgan fingerprint density at radius 3 is 2.63 bits per heavy atom. The molecule has 11 heteroatoms. The molecule has 3 aromatic carbocycles. The average Bonchev–Trinajstić information content (AvgIpc) is 3.31. The number of carbonyl (C=O) groups excluding carboxylic acids is 1. The molecule has 2 aliphatic heterocycles. The summed E-state index contributed by atoms with van der Waals surface area (Å²) in [5, 5.41) is 9.46. The summed E-state index contributed by atoms with van der Waals surface area (Å²) in [6.45, 7) is 2.74. The van der Waals surface area contributed by atoms with Crippen LogP contribution in [0, 0.1) is 11.6 Å². The van der Waals surface area contributed by atoms with Gasteiger partial charge in [0.25, 0.3) is 5.91 Å². The Morgan fingerprint density at radius 2 is 1.79 bits per heavy atom. The second-order valence-electron chi connectivity index (χ2n) is 8.51. The standard InChI is InChI=1S/C27H20F2N4O4S/c1-15(16-2-7-24-25(11-16)36-9-8-35-24)32-33-22(17-3-6-23-21(10-17)30-26(34)13-37-23)14-38-27(33)31-20-5-4-18(28)12-19(20)29/h2-7,10-12,14H,8-9,13H2,1H3,(H,30,34). The predicted molar refractivity (Wildman–Crippen MR) is 138 cm³/mol. The first-order valence-electron chi connectivity index (χ1n) is 11.7. The smallest absolute Gasteiger partial charge is 0.262 e. The molecular formula is C27H20F2N4O4S. The minimum absolute atomic E-state index is 0.0214. The molecule has 0 spiro atoms. The van der Waals surface area contributed by atoms with Gasteiger partial charge in [0.2, 0.25) is 4.80 Å². The Bertz CT molecular complexity index is 1680. The lowest BCUT2D eigenvalue weighted by Gasteiger charge is -2.19. The Labute approximate surface area is 219 Å². The van der Waals surface area contributed by atoms with Crippen LogP contribution in [0.2, 0.25) is 0 Å². The van der Waals surface area contributed by atoms with Crippen LogP contribution in [0.15, 0.2) is 70.1 Å². The molecular weight excluding hydrogens is 514 g/mol. The van der Waals surface area contributed by atoms with E-state index in [0.717, 1.165) is 23.3 Å². The van der Waals surface area contributed by atoms with Crippen molar-refractivity contribution in [3.63, 3.8) is 0 Å². The zero-order valence-electron chi connectivity index (χ0n) is 20.0. The summed E-state index contributed by atoms with van der Waals surface area (Å²) in [5.74, 6) is 0.131. The van der Waals surface area contributed by atoms with Crippen LogP contribution in [0.25, 0.3) is 11.3 Å². The van der Waals surface area contributed by atoms with E-state index >= 15 is 0 Å². The Balaban J connectivity index is 1.49. The molecule has 1 aromatic heterocycles. The summed E-state index contributed by atoms with van der Waals surface area (Å²) in [6.07, 6.45) is 0. The van der Waals surface area contributed by atoms with Gasteiger partial charge in [-0.1, -0.05) is 0 Å². The number of anilines is 1. The van der Waals surface area contributed by atoms with E-state index < -0.39 is 11.6 Å². The van der Waals surface area contributed by atoms with E-state index in [1.54, 1.807) is 16.8 Å². The van der Waals surface area contributed by atoms with Crippen LogP contribution in [0.3, 0.4) is 0 Å². The van der Waals surface area contributed by atoms with E-state index in [1.807, 2.05) is 36.6 Å². The van der Waals surface area contributed by atoms with E-state index in [2.05, 4.69) is 10.3 Å². The third-order valence-electron chi connectivity index (χ3n) is 5.93. The first-order valence-corrected chi connectivity index (χ1v) is 12.6. The maximum Gasteiger partial charge on any atom is 0.262 e. The number of hydrogen-bond acceptors (Lipinski definition) is 7. The van der Waals surface area contributed by atoms with E-state index in [0.29, 0.717) is 52.4 Å². The van der Waals surface area contributed by atoms with Crippen molar-refractivity contribution in [2.75, 3.05) is 25.1 Å². The van der Waals surface area contributed by atoms with Crippen LogP contribution in [-0.4, -0.2) is 36.1 Å². The average molecular weight is 535 g/mol. The van der Waals surface area contributed by atoms with Crippen LogP contribution < -0.4 is 24.3 Å². The molecule has 6 rings (SSSR count). The number of aromatic nitrogens is 1. The molecule has 0 radical (unpaired) electrons. The number of fused-ring (bicyclic) bond motifs is 2. The van der Waals surface area contributed by atoms with Gasteiger partial charge < -0.3 is 19.5 Å². The van der Waals surface area contributed by atoms with Crippen LogP contribution in [-0.2, 0) is 4.79 Å². The lowest BCUT2D eigenvalue weighted by atomic mass is 10.1. The van der Waals surface area contributed by atoms with E-state index in [1.165, 1.54) is 17.4 Å². The lowest BCUT2D eigenvalue weighted by molar-refractivity contribution is -0.118. The molecule has 8 nitrogen and oxygen atoms in total. The Morgan fingerprint density at radius 1 is 0.974 bits per heavy atom. The molecule has 0 fully saturated rings. The highest BCUT2D eigenvalue weighted by Gasteiger charge is 2.19. The second kappa shape index (κ2) is 9.75. The third-order valence-corrected chi connectivity index (χ3v) is 6.75. The highest BCUT2D eigenvalue weighted by molar-refractivity contribution is 7.07. The molecule has 1 N–H and O–H groups in total. The van der Waals surface area contributed by atoms with Gasteiger partial charge in [0, 0.05) is 22.6 Å². The molecule has 0 unspecified atom stereocenters. The third kappa shape index (κ3) is 4.63. The monoisotopic (exact) mass is 534 g/mol. The van der Waals surface area contributed by atoms with Crippen LogP contribution in [0.1, 0.15) is 12.5 Å². The number of rotatable bonds is 4. The van der Waals surface area contributed by atoms with E-state index in [-0.39, 0.29) is 18.2 Å². The summed E-state index contributed by atoms with van der Waals surface area (Å²) in [7, 11) is 0. The molecule has 1 amide bonds. The largest absolute Gasteiger partial charge is 0.486 e. The molecule has 2 aliphatic rings. The topological polar surface area (TPSA) is 86.4 Å².